The van der Waals surface area contributed by atoms with Gasteiger partial charge in [-0.2, -0.15) is 5.10 Å². The SMILES string of the molecule is Cc1cc(C)n(CCCNC(=O)C2CCC3(CC2)CNC(=O)c2ccccc2O3)n1. The molecule has 2 heterocycles. The Morgan fingerprint density at radius 1 is 1.30 bits per heavy atom. The van der Waals surface area contributed by atoms with Gasteiger partial charge in [-0.1, -0.05) is 12.1 Å². The molecule has 7 heteroatoms. The van der Waals surface area contributed by atoms with E-state index < -0.39 is 5.60 Å². The summed E-state index contributed by atoms with van der Waals surface area (Å²) in [6.07, 6.45) is 3.90. The number of benzene rings is 1. The van der Waals surface area contributed by atoms with Crippen molar-refractivity contribution in [3.8, 4) is 5.75 Å². The van der Waals surface area contributed by atoms with E-state index in [0.29, 0.717) is 24.4 Å². The van der Waals surface area contributed by atoms with Crippen molar-refractivity contribution in [3.63, 3.8) is 0 Å². The first kappa shape index (κ1) is 20.4. The van der Waals surface area contributed by atoms with Gasteiger partial charge in [-0.25, -0.2) is 0 Å². The van der Waals surface area contributed by atoms with E-state index in [0.717, 1.165) is 50.0 Å². The topological polar surface area (TPSA) is 85.2 Å². The number of aromatic nitrogens is 2. The quantitative estimate of drug-likeness (QED) is 0.743. The molecule has 30 heavy (non-hydrogen) atoms. The highest BCUT2D eigenvalue weighted by atomic mass is 16.5. The zero-order valence-corrected chi connectivity index (χ0v) is 17.7. The Balaban J connectivity index is 1.26. The Morgan fingerprint density at radius 3 is 2.80 bits per heavy atom. The van der Waals surface area contributed by atoms with Crippen molar-refractivity contribution in [1.82, 2.24) is 20.4 Å². The van der Waals surface area contributed by atoms with Crippen LogP contribution in [0.3, 0.4) is 0 Å². The molecule has 1 fully saturated rings. The van der Waals surface area contributed by atoms with E-state index in [9.17, 15) is 9.59 Å². The third kappa shape index (κ3) is 4.35. The fourth-order valence-electron chi connectivity index (χ4n) is 4.52. The summed E-state index contributed by atoms with van der Waals surface area (Å²) in [7, 11) is 0. The highest BCUT2D eigenvalue weighted by molar-refractivity contribution is 5.97. The first-order valence-corrected chi connectivity index (χ1v) is 10.8. The Labute approximate surface area is 177 Å². The van der Waals surface area contributed by atoms with Gasteiger partial charge in [-0.3, -0.25) is 14.3 Å². The van der Waals surface area contributed by atoms with Crippen LogP contribution in [0.1, 0.15) is 53.8 Å². The standard InChI is InChI=1S/C23H30N4O3/c1-16-14-17(2)27(26-16)13-5-12-24-21(28)18-8-10-23(11-9-18)15-25-22(29)19-6-3-4-7-20(19)30-23/h3-4,6-7,14,18H,5,8-13,15H2,1-2H3,(H,24,28)(H,25,29). The van der Waals surface area contributed by atoms with Crippen LogP contribution in [-0.2, 0) is 11.3 Å². The fraction of sp³-hybridized carbons (Fsp3) is 0.522. The molecule has 0 saturated heterocycles. The molecule has 2 amide bonds. The van der Waals surface area contributed by atoms with Crippen molar-refractivity contribution < 1.29 is 14.3 Å². The van der Waals surface area contributed by atoms with Crippen LogP contribution in [0.5, 0.6) is 5.75 Å². The predicted octanol–water partition coefficient (Wildman–Crippen LogP) is 2.76. The maximum atomic E-state index is 12.6. The Kier molecular flexibility index (Phi) is 5.79. The van der Waals surface area contributed by atoms with Crippen LogP contribution in [0.2, 0.25) is 0 Å². The Bertz CT molecular complexity index is 928. The molecule has 1 aromatic heterocycles. The lowest BCUT2D eigenvalue weighted by molar-refractivity contribution is -0.127. The molecule has 2 N–H and O–H groups in total. The summed E-state index contributed by atoms with van der Waals surface area (Å²) >= 11 is 0. The molecule has 0 bridgehead atoms. The lowest BCUT2D eigenvalue weighted by atomic mass is 9.78. The average Bonchev–Trinajstić information content (AvgIpc) is 2.99. The van der Waals surface area contributed by atoms with Crippen LogP contribution >= 0.6 is 0 Å². The monoisotopic (exact) mass is 410 g/mol. The number of fused-ring (bicyclic) bond motifs is 1. The van der Waals surface area contributed by atoms with Crippen LogP contribution in [0, 0.1) is 19.8 Å². The van der Waals surface area contributed by atoms with Crippen LogP contribution in [0.4, 0.5) is 0 Å². The van der Waals surface area contributed by atoms with E-state index in [1.807, 2.05) is 36.7 Å². The molecule has 1 aliphatic heterocycles. The van der Waals surface area contributed by atoms with Gasteiger partial charge in [-0.15, -0.1) is 0 Å². The summed E-state index contributed by atoms with van der Waals surface area (Å²) in [6.45, 7) is 5.98. The molecule has 1 aromatic carbocycles. The summed E-state index contributed by atoms with van der Waals surface area (Å²) in [5.74, 6) is 0.669. The van der Waals surface area contributed by atoms with Crippen molar-refractivity contribution in [2.24, 2.45) is 5.92 Å². The summed E-state index contributed by atoms with van der Waals surface area (Å²) in [4.78, 5) is 24.9. The minimum atomic E-state index is -0.422. The summed E-state index contributed by atoms with van der Waals surface area (Å²) in [5.41, 5.74) is 2.33. The van der Waals surface area contributed by atoms with Gasteiger partial charge in [0.25, 0.3) is 5.91 Å². The van der Waals surface area contributed by atoms with Gasteiger partial charge in [0.15, 0.2) is 0 Å². The summed E-state index contributed by atoms with van der Waals surface area (Å²) in [6, 6.07) is 9.43. The molecule has 1 saturated carbocycles. The number of rotatable bonds is 5. The molecular weight excluding hydrogens is 380 g/mol. The van der Waals surface area contributed by atoms with Gasteiger partial charge < -0.3 is 15.4 Å². The molecule has 2 aromatic rings. The van der Waals surface area contributed by atoms with Crippen LogP contribution < -0.4 is 15.4 Å². The van der Waals surface area contributed by atoms with E-state index in [4.69, 9.17) is 4.74 Å². The number of ether oxygens (including phenoxy) is 1. The van der Waals surface area contributed by atoms with E-state index >= 15 is 0 Å². The molecule has 7 nitrogen and oxygen atoms in total. The Morgan fingerprint density at radius 2 is 2.07 bits per heavy atom. The fourth-order valence-corrected chi connectivity index (χ4v) is 4.52. The molecule has 1 spiro atoms. The van der Waals surface area contributed by atoms with Crippen LogP contribution in [0.15, 0.2) is 30.3 Å². The van der Waals surface area contributed by atoms with E-state index in [1.165, 1.54) is 0 Å². The van der Waals surface area contributed by atoms with E-state index in [1.54, 1.807) is 6.07 Å². The number of aryl methyl sites for hydroxylation is 3. The summed E-state index contributed by atoms with van der Waals surface area (Å²) in [5, 5.41) is 10.5. The molecule has 160 valence electrons. The van der Waals surface area contributed by atoms with Crippen molar-refractivity contribution in [2.45, 2.75) is 58.1 Å². The number of hydrogen-bond donors (Lipinski definition) is 2. The number of carbonyl (C=O) groups excluding carboxylic acids is 2. The van der Waals surface area contributed by atoms with E-state index in [2.05, 4.69) is 21.8 Å². The minimum absolute atomic E-state index is 0.00195. The number of nitrogens with zero attached hydrogens (tertiary/aromatic N) is 2. The minimum Gasteiger partial charge on any atom is -0.485 e. The van der Waals surface area contributed by atoms with Gasteiger partial charge >= 0.3 is 0 Å². The third-order valence-electron chi connectivity index (χ3n) is 6.25. The lowest BCUT2D eigenvalue weighted by Gasteiger charge is -2.39. The second-order valence-electron chi connectivity index (χ2n) is 8.53. The van der Waals surface area contributed by atoms with E-state index in [-0.39, 0.29) is 17.7 Å². The normalized spacial score (nSPS) is 23.3. The third-order valence-corrected chi connectivity index (χ3v) is 6.25. The van der Waals surface area contributed by atoms with Gasteiger partial charge in [0, 0.05) is 24.7 Å². The molecule has 4 rings (SSSR count). The van der Waals surface area contributed by atoms with Crippen LogP contribution in [-0.4, -0.2) is 40.3 Å². The van der Waals surface area contributed by atoms with Crippen molar-refractivity contribution in [2.75, 3.05) is 13.1 Å². The zero-order chi connectivity index (χ0) is 21.1. The predicted molar refractivity (Wildman–Crippen MR) is 113 cm³/mol. The molecule has 0 unspecified atom stereocenters. The van der Waals surface area contributed by atoms with Crippen LogP contribution in [0.25, 0.3) is 0 Å². The second kappa shape index (κ2) is 8.50. The molecule has 2 aliphatic rings. The lowest BCUT2D eigenvalue weighted by Crippen LogP contribution is -2.49. The van der Waals surface area contributed by atoms with Gasteiger partial charge in [0.05, 0.1) is 17.8 Å². The van der Waals surface area contributed by atoms with Gasteiger partial charge in [0.1, 0.15) is 11.4 Å². The highest BCUT2D eigenvalue weighted by Crippen LogP contribution is 2.38. The largest absolute Gasteiger partial charge is 0.485 e. The molecule has 0 atom stereocenters. The first-order chi connectivity index (χ1) is 14.5. The van der Waals surface area contributed by atoms with Crippen molar-refractivity contribution >= 4 is 11.8 Å². The maximum absolute atomic E-state index is 12.6. The molecule has 0 radical (unpaired) electrons. The molecule has 1 aliphatic carbocycles. The number of amides is 2. The average molecular weight is 411 g/mol. The second-order valence-corrected chi connectivity index (χ2v) is 8.53. The first-order valence-electron chi connectivity index (χ1n) is 10.8. The smallest absolute Gasteiger partial charge is 0.255 e. The Hall–Kier alpha value is -2.83. The maximum Gasteiger partial charge on any atom is 0.255 e. The van der Waals surface area contributed by atoms with Gasteiger partial charge in [0.2, 0.25) is 5.91 Å². The number of hydrogen-bond acceptors (Lipinski definition) is 4. The number of nitrogens with one attached hydrogen (secondary N) is 2. The zero-order valence-electron chi connectivity index (χ0n) is 17.7. The molecular formula is C23H30N4O3. The highest BCUT2D eigenvalue weighted by Gasteiger charge is 2.41. The van der Waals surface area contributed by atoms with Crippen molar-refractivity contribution in [1.29, 1.82) is 0 Å². The summed E-state index contributed by atoms with van der Waals surface area (Å²) < 4.78 is 8.31. The number of para-hydroxylation sites is 1. The number of carbonyl (C=O) groups is 2. The van der Waals surface area contributed by atoms with Gasteiger partial charge in [-0.05, 0) is 64.2 Å². The van der Waals surface area contributed by atoms with Crippen molar-refractivity contribution in [3.05, 3.63) is 47.3 Å².